The molecule has 1 aliphatic heterocycles. The van der Waals surface area contributed by atoms with Crippen LogP contribution in [0, 0.1) is 0 Å². The number of hydrazone groups is 1. The Morgan fingerprint density at radius 3 is 2.59 bits per heavy atom. The Morgan fingerprint density at radius 2 is 1.90 bits per heavy atom. The molecule has 0 unspecified atom stereocenters. The molecule has 0 fully saturated rings. The van der Waals surface area contributed by atoms with E-state index in [-0.39, 0.29) is 12.2 Å². The van der Waals surface area contributed by atoms with Gasteiger partial charge in [-0.3, -0.25) is 5.43 Å². The number of nitrogens with one attached hydrogen (secondary N) is 3. The van der Waals surface area contributed by atoms with Gasteiger partial charge in [-0.05, 0) is 66.5 Å². The maximum Gasteiger partial charge on any atom is 0.337 e. The van der Waals surface area contributed by atoms with Crippen LogP contribution in [0.25, 0.3) is 0 Å². The molecule has 1 aliphatic rings. The second kappa shape index (κ2) is 14.2. The van der Waals surface area contributed by atoms with Crippen molar-refractivity contribution in [2.24, 2.45) is 5.10 Å². The van der Waals surface area contributed by atoms with Crippen LogP contribution in [0.3, 0.4) is 0 Å². The van der Waals surface area contributed by atoms with Gasteiger partial charge in [0.15, 0.2) is 17.7 Å². The molecule has 2 aromatic carbocycles. The zero-order chi connectivity index (χ0) is 28.5. The number of rotatable bonds is 12. The molecule has 2 amide bonds. The lowest BCUT2D eigenvalue weighted by atomic mass is 9.95. The fraction of sp³-hybridized carbons (Fsp3) is 0.346. The third-order valence-electron chi connectivity index (χ3n) is 5.43. The summed E-state index contributed by atoms with van der Waals surface area (Å²) in [5.74, 6) is 0.798. The lowest BCUT2D eigenvalue weighted by Gasteiger charge is -2.28. The number of carbonyl (C=O) groups is 2. The third kappa shape index (κ3) is 7.87. The van der Waals surface area contributed by atoms with Crippen LogP contribution in [0.15, 0.2) is 55.6 Å². The maximum atomic E-state index is 12.4. The topological polar surface area (TPSA) is 140 Å². The van der Waals surface area contributed by atoms with Gasteiger partial charge in [-0.1, -0.05) is 22.0 Å². The van der Waals surface area contributed by atoms with Crippen molar-refractivity contribution in [1.82, 2.24) is 16.1 Å². The van der Waals surface area contributed by atoms with E-state index in [1.807, 2.05) is 26.0 Å². The van der Waals surface area contributed by atoms with E-state index in [0.29, 0.717) is 47.3 Å². The average Bonchev–Trinajstić information content (AvgIpc) is 2.89. The van der Waals surface area contributed by atoms with Crippen molar-refractivity contribution < 1.29 is 33.6 Å². The number of ether oxygens (including phenoxy) is 4. The lowest BCUT2D eigenvalue weighted by molar-refractivity contribution is -0.136. The molecule has 39 heavy (non-hydrogen) atoms. The van der Waals surface area contributed by atoms with Crippen molar-refractivity contribution in [2.45, 2.75) is 33.0 Å². The molecular formula is C26H30Br2N4O7. The van der Waals surface area contributed by atoms with Crippen molar-refractivity contribution in [1.29, 1.82) is 0 Å². The van der Waals surface area contributed by atoms with Crippen molar-refractivity contribution in [3.63, 3.8) is 0 Å². The van der Waals surface area contributed by atoms with Gasteiger partial charge in [-0.2, -0.15) is 5.10 Å². The Kier molecular flexibility index (Phi) is 11.0. The molecule has 0 aromatic heterocycles. The van der Waals surface area contributed by atoms with E-state index in [9.17, 15) is 14.7 Å². The van der Waals surface area contributed by atoms with Crippen LogP contribution in [0.4, 0.5) is 4.79 Å². The van der Waals surface area contributed by atoms with E-state index >= 15 is 0 Å². The number of carbonyl (C=O) groups excluding carboxylic acids is 2. The molecule has 11 nitrogen and oxygen atoms in total. The average molecular weight is 670 g/mol. The Balaban J connectivity index is 1.72. The van der Waals surface area contributed by atoms with Crippen LogP contribution in [-0.4, -0.2) is 56.5 Å². The summed E-state index contributed by atoms with van der Waals surface area (Å²) in [5, 5.41) is 19.8. The van der Waals surface area contributed by atoms with E-state index < -0.39 is 24.3 Å². The summed E-state index contributed by atoms with van der Waals surface area (Å²) < 4.78 is 23.7. The maximum absolute atomic E-state index is 12.4. The number of aliphatic hydroxyl groups excluding tert-OH is 1. The fourth-order valence-corrected chi connectivity index (χ4v) is 5.16. The highest BCUT2D eigenvalue weighted by Crippen LogP contribution is 2.35. The van der Waals surface area contributed by atoms with Crippen LogP contribution >= 0.6 is 31.9 Å². The van der Waals surface area contributed by atoms with E-state index in [1.165, 1.54) is 13.3 Å². The summed E-state index contributed by atoms with van der Waals surface area (Å²) in [7, 11) is 1.28. The van der Waals surface area contributed by atoms with Gasteiger partial charge in [-0.25, -0.2) is 9.59 Å². The minimum Gasteiger partial charge on any atom is -0.492 e. The number of methoxy groups -OCH3 is 1. The summed E-state index contributed by atoms with van der Waals surface area (Å²) in [4.78, 5) is 24.5. The van der Waals surface area contributed by atoms with Crippen molar-refractivity contribution in [3.05, 3.63) is 61.7 Å². The Bertz CT molecular complexity index is 1270. The number of hydrogen-bond acceptors (Lipinski definition) is 9. The summed E-state index contributed by atoms with van der Waals surface area (Å²) in [6.07, 6.45) is 0.396. The molecule has 0 spiro atoms. The molecule has 2 aromatic rings. The molecule has 2 atom stereocenters. The Morgan fingerprint density at radius 1 is 1.15 bits per heavy atom. The monoisotopic (exact) mass is 668 g/mol. The number of esters is 1. The smallest absolute Gasteiger partial charge is 0.337 e. The second-order valence-corrected chi connectivity index (χ2v) is 9.92. The normalized spacial score (nSPS) is 15.9. The van der Waals surface area contributed by atoms with Crippen LogP contribution in [-0.2, 0) is 9.53 Å². The molecule has 0 aliphatic carbocycles. The van der Waals surface area contributed by atoms with Gasteiger partial charge in [-0.15, -0.1) is 0 Å². The van der Waals surface area contributed by atoms with Crippen LogP contribution in [0.2, 0.25) is 0 Å². The quantitative estimate of drug-likeness (QED) is 0.115. The van der Waals surface area contributed by atoms with Gasteiger partial charge < -0.3 is 34.7 Å². The third-order valence-corrected chi connectivity index (χ3v) is 6.47. The van der Waals surface area contributed by atoms with Gasteiger partial charge in [0, 0.05) is 15.7 Å². The molecular weight excluding hydrogens is 640 g/mol. The van der Waals surface area contributed by atoms with E-state index in [4.69, 9.17) is 18.9 Å². The number of amides is 2. The molecule has 210 valence electrons. The Hall–Kier alpha value is -3.29. The van der Waals surface area contributed by atoms with E-state index in [1.54, 1.807) is 25.1 Å². The van der Waals surface area contributed by atoms with Gasteiger partial charge >= 0.3 is 12.0 Å². The lowest BCUT2D eigenvalue weighted by Crippen LogP contribution is -2.45. The van der Waals surface area contributed by atoms with Crippen molar-refractivity contribution in [3.8, 4) is 17.2 Å². The molecule has 4 N–H and O–H groups in total. The van der Waals surface area contributed by atoms with E-state index in [2.05, 4.69) is 53.0 Å². The van der Waals surface area contributed by atoms with Gasteiger partial charge in [0.1, 0.15) is 12.4 Å². The number of allylic oxidation sites excluding steroid dienone is 1. The molecule has 0 bridgehead atoms. The first-order valence-corrected chi connectivity index (χ1v) is 13.6. The fourth-order valence-electron chi connectivity index (χ4n) is 3.79. The van der Waals surface area contributed by atoms with E-state index in [0.717, 1.165) is 8.95 Å². The minimum atomic E-state index is -1.14. The highest BCUT2D eigenvalue weighted by molar-refractivity contribution is 9.11. The summed E-state index contributed by atoms with van der Waals surface area (Å²) >= 11 is 6.91. The SMILES string of the molecule is CCOc1cc([C@@H]2NC(=O)NC(C)=C2C(=O)OC)ccc1OC[C@@H](O)N/N=C/c1cc(Br)cc(Br)c1OCC. The standard InChI is InChI=1S/C26H30Br2N4O7/c1-5-37-20-10-15(23-22(25(34)36-4)14(3)30-26(35)31-23)7-8-19(20)39-13-21(33)32-29-12-16-9-17(27)11-18(28)24(16)38-6-2/h7-12,21,23,32-33H,5-6,13H2,1-4H3,(H2,30,31,35)/b29-12+/t21-,23+/m1/s1. The zero-order valence-electron chi connectivity index (χ0n) is 21.8. The molecule has 1 heterocycles. The van der Waals surface area contributed by atoms with Crippen LogP contribution in [0.1, 0.15) is 37.9 Å². The molecule has 0 radical (unpaired) electrons. The highest BCUT2D eigenvalue weighted by Gasteiger charge is 2.32. The van der Waals surface area contributed by atoms with Gasteiger partial charge in [0.2, 0.25) is 0 Å². The number of benzene rings is 2. The molecule has 3 rings (SSSR count). The number of aliphatic hydroxyl groups is 1. The largest absolute Gasteiger partial charge is 0.492 e. The summed E-state index contributed by atoms with van der Waals surface area (Å²) in [6, 6.07) is 7.52. The van der Waals surface area contributed by atoms with Gasteiger partial charge in [0.25, 0.3) is 0 Å². The molecule has 0 saturated carbocycles. The summed E-state index contributed by atoms with van der Waals surface area (Å²) in [6.45, 7) is 6.00. The number of urea groups is 1. The van der Waals surface area contributed by atoms with Crippen LogP contribution in [0.5, 0.6) is 17.2 Å². The van der Waals surface area contributed by atoms with Gasteiger partial charge in [0.05, 0.1) is 42.6 Å². The first-order chi connectivity index (χ1) is 18.7. The minimum absolute atomic E-state index is 0.145. The second-order valence-electron chi connectivity index (χ2n) is 8.15. The Labute approximate surface area is 243 Å². The number of halogens is 2. The van der Waals surface area contributed by atoms with Crippen molar-refractivity contribution >= 4 is 50.1 Å². The number of hydrogen-bond donors (Lipinski definition) is 4. The zero-order valence-corrected chi connectivity index (χ0v) is 25.0. The number of nitrogens with zero attached hydrogens (tertiary/aromatic N) is 1. The van der Waals surface area contributed by atoms with Crippen LogP contribution < -0.4 is 30.3 Å². The predicted octanol–water partition coefficient (Wildman–Crippen LogP) is 4.13. The summed E-state index contributed by atoms with van der Waals surface area (Å²) in [5.41, 5.74) is 4.58. The molecule has 0 saturated heterocycles. The first-order valence-electron chi connectivity index (χ1n) is 12.0. The predicted molar refractivity (Wildman–Crippen MR) is 152 cm³/mol. The van der Waals surface area contributed by atoms with Crippen molar-refractivity contribution in [2.75, 3.05) is 26.9 Å². The molecule has 13 heteroatoms. The highest BCUT2D eigenvalue weighted by atomic mass is 79.9. The first kappa shape index (κ1) is 30.3.